The van der Waals surface area contributed by atoms with Gasteiger partial charge in [0.05, 0.1) is 37.8 Å². The zero-order valence-electron chi connectivity index (χ0n) is 17.1. The highest BCUT2D eigenvalue weighted by Gasteiger charge is 2.48. The number of amides is 1. The van der Waals surface area contributed by atoms with Crippen molar-refractivity contribution in [1.82, 2.24) is 9.88 Å². The largest absolute Gasteiger partial charge is 0.492 e. The van der Waals surface area contributed by atoms with E-state index < -0.39 is 12.1 Å². The van der Waals surface area contributed by atoms with Crippen LogP contribution in [0, 0.1) is 5.92 Å². The number of rotatable bonds is 4. The predicted octanol–water partition coefficient (Wildman–Crippen LogP) is 3.40. The topological polar surface area (TPSA) is 102 Å². The van der Waals surface area contributed by atoms with E-state index in [1.807, 2.05) is 17.0 Å². The predicted molar refractivity (Wildman–Crippen MR) is 104 cm³/mol. The van der Waals surface area contributed by atoms with E-state index in [2.05, 4.69) is 4.98 Å². The van der Waals surface area contributed by atoms with Crippen LogP contribution in [0.5, 0.6) is 5.75 Å². The number of pyridine rings is 1. The molecule has 0 unspecified atom stereocenters. The average molecular weight is 456 g/mol. The van der Waals surface area contributed by atoms with Crippen LogP contribution in [0.2, 0.25) is 0 Å². The number of morpholine rings is 1. The van der Waals surface area contributed by atoms with Crippen molar-refractivity contribution < 1.29 is 41.8 Å². The molecule has 174 valence electrons. The lowest BCUT2D eigenvalue weighted by molar-refractivity contribution is -0.192. The summed E-state index contributed by atoms with van der Waals surface area (Å²) in [5.74, 6) is -1.40. The van der Waals surface area contributed by atoms with Gasteiger partial charge in [0.15, 0.2) is 5.76 Å². The molecule has 1 aliphatic carbocycles. The minimum atomic E-state index is -5.08. The van der Waals surface area contributed by atoms with E-state index in [0.29, 0.717) is 32.1 Å². The van der Waals surface area contributed by atoms with Crippen LogP contribution in [0.3, 0.4) is 0 Å². The number of halogens is 3. The summed E-state index contributed by atoms with van der Waals surface area (Å²) in [6.07, 6.45) is 2.98. The maximum Gasteiger partial charge on any atom is 0.490 e. The van der Waals surface area contributed by atoms with Gasteiger partial charge in [-0.1, -0.05) is 0 Å². The first-order valence-corrected chi connectivity index (χ1v) is 10.0. The van der Waals surface area contributed by atoms with Crippen molar-refractivity contribution in [3.05, 3.63) is 48.7 Å². The number of carbonyl (C=O) groups excluding carboxylic acids is 1. The Morgan fingerprint density at radius 3 is 2.72 bits per heavy atom. The van der Waals surface area contributed by atoms with Gasteiger partial charge in [-0.2, -0.15) is 13.2 Å². The molecule has 32 heavy (non-hydrogen) atoms. The highest BCUT2D eigenvalue weighted by molar-refractivity contribution is 5.91. The Morgan fingerprint density at radius 2 is 2.09 bits per heavy atom. The first-order valence-electron chi connectivity index (χ1n) is 10.0. The lowest BCUT2D eigenvalue weighted by Gasteiger charge is -2.43. The number of aromatic nitrogens is 1. The Kier molecular flexibility index (Phi) is 7.39. The highest BCUT2D eigenvalue weighted by atomic mass is 19.4. The zero-order valence-corrected chi connectivity index (χ0v) is 17.1. The highest BCUT2D eigenvalue weighted by Crippen LogP contribution is 2.41. The molecule has 1 saturated heterocycles. The van der Waals surface area contributed by atoms with Crippen molar-refractivity contribution in [3.63, 3.8) is 0 Å². The first-order chi connectivity index (χ1) is 15.2. The van der Waals surface area contributed by atoms with E-state index in [9.17, 15) is 18.0 Å². The summed E-state index contributed by atoms with van der Waals surface area (Å²) < 4.78 is 49.1. The van der Waals surface area contributed by atoms with Crippen LogP contribution in [-0.4, -0.2) is 64.9 Å². The number of carboxylic acid groups (broad SMARTS) is 1. The normalized spacial score (nSPS) is 22.8. The molecular weight excluding hydrogens is 433 g/mol. The summed E-state index contributed by atoms with van der Waals surface area (Å²) in [6, 6.07) is 7.22. The fourth-order valence-corrected chi connectivity index (χ4v) is 3.91. The Morgan fingerprint density at radius 1 is 1.31 bits per heavy atom. The van der Waals surface area contributed by atoms with Gasteiger partial charge in [0.2, 0.25) is 0 Å². The molecule has 1 spiro atoms. The number of alkyl halides is 3. The third-order valence-corrected chi connectivity index (χ3v) is 5.45. The number of ether oxygens (including phenoxy) is 2. The van der Waals surface area contributed by atoms with Crippen LogP contribution in [0.4, 0.5) is 13.2 Å². The fourth-order valence-electron chi connectivity index (χ4n) is 3.91. The Labute approximate surface area is 181 Å². The molecule has 1 amide bonds. The van der Waals surface area contributed by atoms with E-state index in [0.717, 1.165) is 25.0 Å². The molecule has 2 atom stereocenters. The summed E-state index contributed by atoms with van der Waals surface area (Å²) in [4.78, 5) is 27.4. The fraction of sp³-hybridized carbons (Fsp3) is 0.476. The quantitative estimate of drug-likeness (QED) is 0.752. The maximum absolute atomic E-state index is 12.6. The lowest BCUT2D eigenvalue weighted by Crippen LogP contribution is -2.56. The van der Waals surface area contributed by atoms with Crippen molar-refractivity contribution in [2.45, 2.75) is 31.0 Å². The van der Waals surface area contributed by atoms with Crippen LogP contribution < -0.4 is 4.74 Å². The first kappa shape index (κ1) is 23.6. The van der Waals surface area contributed by atoms with E-state index in [-0.39, 0.29) is 17.4 Å². The number of furan rings is 1. The number of carboxylic acids is 1. The van der Waals surface area contributed by atoms with Gasteiger partial charge < -0.3 is 23.9 Å². The monoisotopic (exact) mass is 456 g/mol. The van der Waals surface area contributed by atoms with Gasteiger partial charge in [-0.3, -0.25) is 9.78 Å². The maximum atomic E-state index is 12.6. The summed E-state index contributed by atoms with van der Waals surface area (Å²) in [5, 5.41) is 7.12. The van der Waals surface area contributed by atoms with Crippen LogP contribution >= 0.6 is 0 Å². The van der Waals surface area contributed by atoms with Gasteiger partial charge in [0.1, 0.15) is 5.75 Å². The number of nitrogens with zero attached hydrogens (tertiary/aromatic N) is 2. The molecule has 2 aromatic rings. The average Bonchev–Trinajstić information content (AvgIpc) is 3.43. The third-order valence-electron chi connectivity index (χ3n) is 5.45. The molecule has 1 N–H and O–H groups in total. The Bertz CT molecular complexity index is 891. The molecule has 2 aliphatic rings. The molecule has 8 nitrogen and oxygen atoms in total. The lowest BCUT2D eigenvalue weighted by atomic mass is 9.89. The van der Waals surface area contributed by atoms with Crippen molar-refractivity contribution in [3.8, 4) is 5.75 Å². The third kappa shape index (κ3) is 5.78. The van der Waals surface area contributed by atoms with Gasteiger partial charge >= 0.3 is 12.1 Å². The van der Waals surface area contributed by atoms with Crippen LogP contribution in [0.15, 0.2) is 47.3 Å². The molecule has 1 saturated carbocycles. The number of carbonyl (C=O) groups is 2. The molecule has 2 aromatic heterocycles. The number of aliphatic carboxylic acids is 1. The van der Waals surface area contributed by atoms with Gasteiger partial charge in [-0.25, -0.2) is 4.79 Å². The summed E-state index contributed by atoms with van der Waals surface area (Å²) in [7, 11) is 0. The van der Waals surface area contributed by atoms with Crippen molar-refractivity contribution >= 4 is 11.9 Å². The van der Waals surface area contributed by atoms with Gasteiger partial charge in [-0.05, 0) is 43.5 Å². The molecule has 3 heterocycles. The van der Waals surface area contributed by atoms with Crippen molar-refractivity contribution in [2.24, 2.45) is 5.92 Å². The molecule has 1 aliphatic heterocycles. The molecule has 0 bridgehead atoms. The van der Waals surface area contributed by atoms with Crippen molar-refractivity contribution in [1.29, 1.82) is 0 Å². The smallest absolute Gasteiger partial charge is 0.490 e. The van der Waals surface area contributed by atoms with Gasteiger partial charge in [-0.15, -0.1) is 0 Å². The van der Waals surface area contributed by atoms with Crippen LogP contribution in [0.1, 0.15) is 29.8 Å². The second kappa shape index (κ2) is 10.0. The molecule has 0 aromatic carbocycles. The van der Waals surface area contributed by atoms with E-state index >= 15 is 0 Å². The molecule has 0 radical (unpaired) electrons. The van der Waals surface area contributed by atoms with Gasteiger partial charge in [0, 0.05) is 18.7 Å². The zero-order chi connectivity index (χ0) is 23.2. The van der Waals surface area contributed by atoms with E-state index in [1.54, 1.807) is 24.5 Å². The standard InChI is InChI=1S/C19H22N2O4.C2HF3O2/c22-18(17-6-3-10-23-17)21-9-11-25-19(14-21)7-1-4-15(19)13-24-16-5-2-8-20-12-16;3-2(4,5)1(6)7/h2-3,5-6,8,10,12,15H,1,4,7,9,11,13-14H2;(H,6,7)/t15-,19+;/m0./s1. The van der Waals surface area contributed by atoms with Gasteiger partial charge in [0.25, 0.3) is 5.91 Å². The molecule has 2 fully saturated rings. The second-order valence-corrected chi connectivity index (χ2v) is 7.51. The molecule has 11 heteroatoms. The minimum absolute atomic E-state index is 0.0634. The number of hydrogen-bond acceptors (Lipinski definition) is 6. The minimum Gasteiger partial charge on any atom is -0.492 e. The summed E-state index contributed by atoms with van der Waals surface area (Å²) in [6.45, 7) is 2.31. The second-order valence-electron chi connectivity index (χ2n) is 7.51. The van der Waals surface area contributed by atoms with Crippen LogP contribution in [-0.2, 0) is 9.53 Å². The number of hydrogen-bond donors (Lipinski definition) is 1. The molecular formula is C21H23F3N2O6. The van der Waals surface area contributed by atoms with Crippen molar-refractivity contribution in [2.75, 3.05) is 26.3 Å². The van der Waals surface area contributed by atoms with E-state index in [4.69, 9.17) is 23.8 Å². The van der Waals surface area contributed by atoms with E-state index in [1.165, 1.54) is 6.26 Å². The van der Waals surface area contributed by atoms with Crippen LogP contribution in [0.25, 0.3) is 0 Å². The summed E-state index contributed by atoms with van der Waals surface area (Å²) >= 11 is 0. The summed E-state index contributed by atoms with van der Waals surface area (Å²) in [5.41, 5.74) is -0.317. The Balaban J connectivity index is 0.000000360. The SMILES string of the molecule is O=C(O)C(F)(F)F.O=C(c1ccco1)N1CCO[C@]2(CCC[C@H]2COc2cccnc2)C1. The molecule has 4 rings (SSSR count). The Hall–Kier alpha value is -3.08.